The van der Waals surface area contributed by atoms with Crippen molar-refractivity contribution in [3.63, 3.8) is 0 Å². The van der Waals surface area contributed by atoms with E-state index in [1.165, 1.54) is 26.4 Å². The molecular formula is C23H24O13. The van der Waals surface area contributed by atoms with Crippen LogP contribution in [0.4, 0.5) is 0 Å². The number of aliphatic hydroxyl groups excluding tert-OH is 4. The Morgan fingerprint density at radius 2 is 1.64 bits per heavy atom. The smallest absolute Gasteiger partial charge is 0.239 e. The summed E-state index contributed by atoms with van der Waals surface area (Å²) in [7, 11) is 2.54. The molecule has 1 aliphatic heterocycles. The number of methoxy groups -OCH3 is 2. The van der Waals surface area contributed by atoms with Crippen molar-refractivity contribution in [2.45, 2.75) is 30.7 Å². The van der Waals surface area contributed by atoms with E-state index in [9.17, 15) is 40.5 Å². The van der Waals surface area contributed by atoms with Gasteiger partial charge in [0.2, 0.25) is 23.2 Å². The van der Waals surface area contributed by atoms with Gasteiger partial charge in [-0.2, -0.15) is 0 Å². The van der Waals surface area contributed by atoms with Crippen LogP contribution >= 0.6 is 0 Å². The molecule has 3 aromatic rings. The maximum Gasteiger partial charge on any atom is 0.239 e. The fourth-order valence-corrected chi connectivity index (χ4v) is 3.87. The second-order valence-electron chi connectivity index (χ2n) is 7.94. The Morgan fingerprint density at radius 3 is 2.25 bits per heavy atom. The molecule has 1 fully saturated rings. The first-order chi connectivity index (χ1) is 17.1. The molecule has 4 rings (SSSR count). The second kappa shape index (κ2) is 9.72. The van der Waals surface area contributed by atoms with Crippen LogP contribution in [0.15, 0.2) is 33.5 Å². The molecular weight excluding hydrogens is 484 g/mol. The van der Waals surface area contributed by atoms with Gasteiger partial charge in [-0.1, -0.05) is 0 Å². The number of aliphatic hydroxyl groups is 4. The molecule has 0 bridgehead atoms. The highest BCUT2D eigenvalue weighted by molar-refractivity contribution is 5.91. The van der Waals surface area contributed by atoms with Crippen molar-refractivity contribution in [2.24, 2.45) is 0 Å². The molecule has 13 nitrogen and oxygen atoms in total. The maximum absolute atomic E-state index is 13.6. The Labute approximate surface area is 202 Å². The summed E-state index contributed by atoms with van der Waals surface area (Å²) in [6, 6.07) is 4.76. The molecule has 5 atom stereocenters. The number of rotatable bonds is 6. The first-order valence-corrected chi connectivity index (χ1v) is 10.6. The van der Waals surface area contributed by atoms with Crippen molar-refractivity contribution >= 4 is 11.0 Å². The van der Waals surface area contributed by atoms with E-state index in [1.807, 2.05) is 0 Å². The van der Waals surface area contributed by atoms with Crippen molar-refractivity contribution in [1.29, 1.82) is 0 Å². The van der Waals surface area contributed by atoms with Gasteiger partial charge in [-0.3, -0.25) is 4.79 Å². The molecule has 0 spiro atoms. The van der Waals surface area contributed by atoms with Gasteiger partial charge >= 0.3 is 0 Å². The molecule has 2 unspecified atom stereocenters. The third-order valence-electron chi connectivity index (χ3n) is 5.78. The van der Waals surface area contributed by atoms with Gasteiger partial charge < -0.3 is 59.1 Å². The molecule has 1 saturated heterocycles. The van der Waals surface area contributed by atoms with E-state index in [4.69, 9.17) is 23.4 Å². The zero-order chi connectivity index (χ0) is 26.3. The van der Waals surface area contributed by atoms with Crippen LogP contribution in [0.25, 0.3) is 22.3 Å². The number of ether oxygens (including phenoxy) is 4. The highest BCUT2D eigenvalue weighted by atomic mass is 16.7. The number of fused-ring (bicyclic) bond motifs is 1. The molecule has 0 saturated carbocycles. The van der Waals surface area contributed by atoms with Crippen LogP contribution < -0.4 is 19.6 Å². The standard InChI is InChI=1S/C23H24O13/c1-32-12-6-11-14(16(28)21(12)33-2)17(29)22(20(34-11)8-3-4-9(25)10(26)5-8)36-23-19(31)18(30)15(27)13(7-24)35-23/h3-6,13,15,18-19,23-28,30-31H,7H2,1-2H3/t13-,15-,18?,19?,23-/m1/s1. The Balaban J connectivity index is 1.96. The first kappa shape index (κ1) is 25.3. The average Bonchev–Trinajstić information content (AvgIpc) is 2.86. The summed E-state index contributed by atoms with van der Waals surface area (Å²) >= 11 is 0. The summed E-state index contributed by atoms with van der Waals surface area (Å²) in [4.78, 5) is 13.6. The lowest BCUT2D eigenvalue weighted by atomic mass is 9.99. The van der Waals surface area contributed by atoms with Gasteiger partial charge in [-0.05, 0) is 18.2 Å². The molecule has 0 aliphatic carbocycles. The molecule has 36 heavy (non-hydrogen) atoms. The second-order valence-corrected chi connectivity index (χ2v) is 7.94. The largest absolute Gasteiger partial charge is 0.504 e. The van der Waals surface area contributed by atoms with Crippen LogP contribution in [0.1, 0.15) is 0 Å². The van der Waals surface area contributed by atoms with Crippen molar-refractivity contribution in [1.82, 2.24) is 0 Å². The highest BCUT2D eigenvalue weighted by Gasteiger charge is 2.45. The summed E-state index contributed by atoms with van der Waals surface area (Å²) in [5.74, 6) is -2.73. The molecule has 1 aliphatic rings. The van der Waals surface area contributed by atoms with Gasteiger partial charge in [0.15, 0.2) is 28.8 Å². The van der Waals surface area contributed by atoms with Gasteiger partial charge in [0, 0.05) is 11.6 Å². The minimum absolute atomic E-state index is 0.0350. The third-order valence-corrected chi connectivity index (χ3v) is 5.78. The Hall–Kier alpha value is -3.75. The van der Waals surface area contributed by atoms with E-state index < -0.39 is 65.7 Å². The molecule has 0 radical (unpaired) electrons. The molecule has 7 N–H and O–H groups in total. The van der Waals surface area contributed by atoms with E-state index in [0.717, 1.165) is 12.1 Å². The zero-order valence-corrected chi connectivity index (χ0v) is 19.0. The molecule has 13 heteroatoms. The van der Waals surface area contributed by atoms with Crippen molar-refractivity contribution < 1.29 is 59.1 Å². The quantitative estimate of drug-likeness (QED) is 0.215. The molecule has 194 valence electrons. The Morgan fingerprint density at radius 1 is 0.917 bits per heavy atom. The van der Waals surface area contributed by atoms with Gasteiger partial charge in [0.05, 0.1) is 20.8 Å². The average molecular weight is 508 g/mol. The van der Waals surface area contributed by atoms with Crippen LogP contribution in [0.3, 0.4) is 0 Å². The van der Waals surface area contributed by atoms with Gasteiger partial charge in [-0.25, -0.2) is 0 Å². The number of phenols is 3. The summed E-state index contributed by atoms with van der Waals surface area (Å²) in [5.41, 5.74) is -1.09. The summed E-state index contributed by atoms with van der Waals surface area (Å²) in [6.45, 7) is -0.742. The molecule has 2 heterocycles. The van der Waals surface area contributed by atoms with Crippen LogP contribution in [-0.4, -0.2) is 87.3 Å². The first-order valence-electron chi connectivity index (χ1n) is 10.6. The van der Waals surface area contributed by atoms with Crippen molar-refractivity contribution in [3.8, 4) is 45.8 Å². The lowest BCUT2D eigenvalue weighted by molar-refractivity contribution is -0.277. The van der Waals surface area contributed by atoms with Gasteiger partial charge in [0.25, 0.3) is 0 Å². The summed E-state index contributed by atoms with van der Waals surface area (Å²) in [5, 5.41) is 70.0. The number of aromatic hydroxyl groups is 3. The third kappa shape index (κ3) is 4.12. The number of phenolic OH excluding ortho intramolecular Hbond substituents is 3. The topological polar surface area (TPSA) is 209 Å². The van der Waals surface area contributed by atoms with E-state index in [1.54, 1.807) is 0 Å². The van der Waals surface area contributed by atoms with E-state index in [2.05, 4.69) is 0 Å². The minimum Gasteiger partial charge on any atom is -0.504 e. The Kier molecular flexibility index (Phi) is 6.84. The van der Waals surface area contributed by atoms with Crippen LogP contribution in [0.2, 0.25) is 0 Å². The summed E-state index contributed by atoms with van der Waals surface area (Å²) < 4.78 is 27.1. The summed E-state index contributed by atoms with van der Waals surface area (Å²) in [6.07, 6.45) is -8.44. The fraction of sp³-hybridized carbons (Fsp3) is 0.348. The minimum atomic E-state index is -1.86. The lowest BCUT2D eigenvalue weighted by Gasteiger charge is -2.39. The number of hydrogen-bond donors (Lipinski definition) is 7. The van der Waals surface area contributed by atoms with Gasteiger partial charge in [0.1, 0.15) is 35.4 Å². The number of benzene rings is 2. The number of hydrogen-bond acceptors (Lipinski definition) is 13. The maximum atomic E-state index is 13.6. The van der Waals surface area contributed by atoms with Crippen molar-refractivity contribution in [3.05, 3.63) is 34.5 Å². The van der Waals surface area contributed by atoms with Crippen LogP contribution in [-0.2, 0) is 4.74 Å². The predicted octanol–water partition coefficient (Wildman–Crippen LogP) is -0.227. The van der Waals surface area contributed by atoms with E-state index in [-0.39, 0.29) is 33.8 Å². The van der Waals surface area contributed by atoms with Crippen LogP contribution in [0.5, 0.6) is 34.5 Å². The van der Waals surface area contributed by atoms with Gasteiger partial charge in [-0.15, -0.1) is 0 Å². The lowest BCUT2D eigenvalue weighted by Crippen LogP contribution is -2.60. The van der Waals surface area contributed by atoms with E-state index in [0.29, 0.717) is 0 Å². The molecule has 0 amide bonds. The monoisotopic (exact) mass is 508 g/mol. The SMILES string of the molecule is COc1cc2oc(-c3ccc(O)c(O)c3)c(O[C@H]3O[C@H](CO)[C@@H](O)C(O)C3O)c(=O)c2c(O)c1OC. The normalized spacial score (nSPS) is 24.0. The van der Waals surface area contributed by atoms with E-state index >= 15 is 0 Å². The highest BCUT2D eigenvalue weighted by Crippen LogP contribution is 2.44. The Bertz CT molecular complexity index is 1330. The molecule has 2 aromatic carbocycles. The molecule has 1 aromatic heterocycles. The zero-order valence-electron chi connectivity index (χ0n) is 19.0. The fourth-order valence-electron chi connectivity index (χ4n) is 3.87. The van der Waals surface area contributed by atoms with Crippen LogP contribution in [0, 0.1) is 0 Å². The predicted molar refractivity (Wildman–Crippen MR) is 120 cm³/mol. The van der Waals surface area contributed by atoms with Crippen molar-refractivity contribution in [2.75, 3.05) is 20.8 Å².